The number of aryl methyl sites for hydroxylation is 1. The van der Waals surface area contributed by atoms with Crippen LogP contribution in [0.2, 0.25) is 0 Å². The summed E-state index contributed by atoms with van der Waals surface area (Å²) in [5, 5.41) is 3.32. The van der Waals surface area contributed by atoms with E-state index in [4.69, 9.17) is 0 Å². The smallest absolute Gasteiger partial charge is 0.237 e. The fraction of sp³-hybridized carbons (Fsp3) is 0.562. The number of amides is 1. The zero-order valence-corrected chi connectivity index (χ0v) is 11.6. The molecule has 19 heavy (non-hydrogen) atoms. The van der Waals surface area contributed by atoms with Crippen LogP contribution in [0.4, 0.5) is 0 Å². The molecule has 0 atom stereocenters. The van der Waals surface area contributed by atoms with Gasteiger partial charge in [-0.25, -0.2) is 0 Å². The maximum atomic E-state index is 12.3. The minimum Gasteiger partial charge on any atom is -0.334 e. The molecular weight excluding hydrogens is 236 g/mol. The molecule has 1 aromatic carbocycles. The Kier molecular flexibility index (Phi) is 3.56. The standard InChI is InChI=1S/C16H22N2O/c1-12-2-4-13(5-3-12)11-18(15-8-9-15)16(19)10-17-14-6-7-14/h2-5,14-15,17H,6-11H2,1H3. The molecule has 2 fully saturated rings. The van der Waals surface area contributed by atoms with Crippen LogP contribution in [0.25, 0.3) is 0 Å². The van der Waals surface area contributed by atoms with Crippen molar-refractivity contribution in [3.63, 3.8) is 0 Å². The number of rotatable bonds is 6. The zero-order valence-electron chi connectivity index (χ0n) is 11.6. The minimum atomic E-state index is 0.259. The highest BCUT2D eigenvalue weighted by atomic mass is 16.2. The molecule has 0 heterocycles. The van der Waals surface area contributed by atoms with Gasteiger partial charge in [0.1, 0.15) is 0 Å². The second-order valence-electron chi connectivity index (χ2n) is 5.89. The van der Waals surface area contributed by atoms with Crippen molar-refractivity contribution in [2.45, 2.75) is 51.2 Å². The van der Waals surface area contributed by atoms with Crippen molar-refractivity contribution >= 4 is 5.91 Å². The Bertz CT molecular complexity index is 446. The maximum Gasteiger partial charge on any atom is 0.237 e. The van der Waals surface area contributed by atoms with Crippen molar-refractivity contribution < 1.29 is 4.79 Å². The van der Waals surface area contributed by atoms with Gasteiger partial charge in [0.2, 0.25) is 5.91 Å². The molecule has 2 aliphatic rings. The molecule has 3 heteroatoms. The van der Waals surface area contributed by atoms with Crippen LogP contribution in [-0.2, 0) is 11.3 Å². The largest absolute Gasteiger partial charge is 0.334 e. The van der Waals surface area contributed by atoms with E-state index >= 15 is 0 Å². The third-order valence-electron chi connectivity index (χ3n) is 3.90. The Morgan fingerprint density at radius 3 is 2.47 bits per heavy atom. The van der Waals surface area contributed by atoms with Gasteiger partial charge in [-0.2, -0.15) is 0 Å². The van der Waals surface area contributed by atoms with E-state index < -0.39 is 0 Å². The lowest BCUT2D eigenvalue weighted by atomic mass is 10.1. The molecule has 0 unspecified atom stereocenters. The average Bonchev–Trinajstić information content (AvgIpc) is 3.28. The van der Waals surface area contributed by atoms with E-state index in [-0.39, 0.29) is 5.91 Å². The van der Waals surface area contributed by atoms with E-state index in [0.717, 1.165) is 6.54 Å². The van der Waals surface area contributed by atoms with Crippen LogP contribution < -0.4 is 5.32 Å². The highest BCUT2D eigenvalue weighted by Crippen LogP contribution is 2.28. The lowest BCUT2D eigenvalue weighted by Crippen LogP contribution is -2.39. The lowest BCUT2D eigenvalue weighted by molar-refractivity contribution is -0.131. The number of hydrogen-bond donors (Lipinski definition) is 1. The quantitative estimate of drug-likeness (QED) is 0.848. The third kappa shape index (κ3) is 3.57. The molecular formula is C16H22N2O. The van der Waals surface area contributed by atoms with E-state index in [0.29, 0.717) is 18.6 Å². The highest BCUT2D eigenvalue weighted by Gasteiger charge is 2.33. The molecule has 1 N–H and O–H groups in total. The molecule has 0 bridgehead atoms. The fourth-order valence-electron chi connectivity index (χ4n) is 2.32. The third-order valence-corrected chi connectivity index (χ3v) is 3.90. The summed E-state index contributed by atoms with van der Waals surface area (Å²) in [4.78, 5) is 14.3. The summed E-state index contributed by atoms with van der Waals surface area (Å²) in [6.07, 6.45) is 4.80. The van der Waals surface area contributed by atoms with Crippen LogP contribution in [-0.4, -0.2) is 29.4 Å². The summed E-state index contributed by atoms with van der Waals surface area (Å²) < 4.78 is 0. The summed E-state index contributed by atoms with van der Waals surface area (Å²) in [6.45, 7) is 3.36. The Labute approximate surface area is 115 Å². The van der Waals surface area contributed by atoms with Gasteiger partial charge in [0.15, 0.2) is 0 Å². The minimum absolute atomic E-state index is 0.259. The van der Waals surface area contributed by atoms with E-state index in [1.807, 2.05) is 0 Å². The summed E-state index contributed by atoms with van der Waals surface area (Å²) in [5.74, 6) is 0.259. The first-order valence-electron chi connectivity index (χ1n) is 7.31. The Hall–Kier alpha value is -1.35. The molecule has 0 aromatic heterocycles. The normalized spacial score (nSPS) is 18.4. The Morgan fingerprint density at radius 1 is 1.21 bits per heavy atom. The van der Waals surface area contributed by atoms with Crippen LogP contribution in [0.1, 0.15) is 36.8 Å². The van der Waals surface area contributed by atoms with Gasteiger partial charge in [0, 0.05) is 18.6 Å². The number of hydrogen-bond acceptors (Lipinski definition) is 2. The van der Waals surface area contributed by atoms with Crippen LogP contribution in [0.15, 0.2) is 24.3 Å². The number of nitrogens with zero attached hydrogens (tertiary/aromatic N) is 1. The Morgan fingerprint density at radius 2 is 1.89 bits per heavy atom. The van der Waals surface area contributed by atoms with Crippen LogP contribution >= 0.6 is 0 Å². The molecule has 2 aliphatic carbocycles. The van der Waals surface area contributed by atoms with E-state index in [1.54, 1.807) is 0 Å². The van der Waals surface area contributed by atoms with Gasteiger partial charge in [-0.15, -0.1) is 0 Å². The van der Waals surface area contributed by atoms with Gasteiger partial charge >= 0.3 is 0 Å². The molecule has 3 rings (SSSR count). The van der Waals surface area contributed by atoms with Crippen molar-refractivity contribution in [2.75, 3.05) is 6.54 Å². The van der Waals surface area contributed by atoms with Crippen molar-refractivity contribution in [3.05, 3.63) is 35.4 Å². The molecule has 0 saturated heterocycles. The van der Waals surface area contributed by atoms with E-state index in [1.165, 1.54) is 36.8 Å². The molecule has 1 aromatic rings. The van der Waals surface area contributed by atoms with Crippen LogP contribution in [0.3, 0.4) is 0 Å². The van der Waals surface area contributed by atoms with Gasteiger partial charge < -0.3 is 10.2 Å². The molecule has 2 saturated carbocycles. The zero-order chi connectivity index (χ0) is 13.2. The predicted octanol–water partition coefficient (Wildman–Crippen LogP) is 2.24. The lowest BCUT2D eigenvalue weighted by Gasteiger charge is -2.23. The van der Waals surface area contributed by atoms with Crippen LogP contribution in [0, 0.1) is 6.92 Å². The fourth-order valence-corrected chi connectivity index (χ4v) is 2.32. The topological polar surface area (TPSA) is 32.3 Å². The molecule has 102 valence electrons. The number of nitrogens with one attached hydrogen (secondary N) is 1. The van der Waals surface area contributed by atoms with Gasteiger partial charge in [-0.1, -0.05) is 29.8 Å². The van der Waals surface area contributed by atoms with Gasteiger partial charge in [0.25, 0.3) is 0 Å². The molecule has 3 nitrogen and oxygen atoms in total. The van der Waals surface area contributed by atoms with Gasteiger partial charge in [0.05, 0.1) is 6.54 Å². The van der Waals surface area contributed by atoms with Crippen LogP contribution in [0.5, 0.6) is 0 Å². The first-order chi connectivity index (χ1) is 9.22. The SMILES string of the molecule is Cc1ccc(CN(C(=O)CNC2CC2)C2CC2)cc1. The molecule has 0 radical (unpaired) electrons. The van der Waals surface area contributed by atoms with E-state index in [2.05, 4.69) is 41.4 Å². The summed E-state index contributed by atoms with van der Waals surface area (Å²) in [6, 6.07) is 9.58. The number of carbonyl (C=O) groups excluding carboxylic acids is 1. The van der Waals surface area contributed by atoms with Crippen molar-refractivity contribution in [3.8, 4) is 0 Å². The van der Waals surface area contributed by atoms with Crippen molar-refractivity contribution in [1.82, 2.24) is 10.2 Å². The first kappa shape index (κ1) is 12.7. The molecule has 0 spiro atoms. The predicted molar refractivity (Wildman–Crippen MR) is 75.8 cm³/mol. The monoisotopic (exact) mass is 258 g/mol. The number of carbonyl (C=O) groups is 1. The van der Waals surface area contributed by atoms with Gasteiger partial charge in [-0.05, 0) is 38.2 Å². The highest BCUT2D eigenvalue weighted by molar-refractivity contribution is 5.79. The first-order valence-corrected chi connectivity index (χ1v) is 7.31. The summed E-state index contributed by atoms with van der Waals surface area (Å²) in [7, 11) is 0. The molecule has 1 amide bonds. The maximum absolute atomic E-state index is 12.3. The van der Waals surface area contributed by atoms with Gasteiger partial charge in [-0.3, -0.25) is 4.79 Å². The summed E-state index contributed by atoms with van der Waals surface area (Å²) in [5.41, 5.74) is 2.50. The number of benzene rings is 1. The summed E-state index contributed by atoms with van der Waals surface area (Å²) >= 11 is 0. The second-order valence-corrected chi connectivity index (χ2v) is 5.89. The average molecular weight is 258 g/mol. The van der Waals surface area contributed by atoms with Crippen molar-refractivity contribution in [2.24, 2.45) is 0 Å². The molecule has 0 aliphatic heterocycles. The second kappa shape index (κ2) is 5.33. The Balaban J connectivity index is 1.59. The van der Waals surface area contributed by atoms with E-state index in [9.17, 15) is 4.79 Å². The van der Waals surface area contributed by atoms with Crippen molar-refractivity contribution in [1.29, 1.82) is 0 Å².